The number of hydrogen-bond acceptors (Lipinski definition) is 4. The van der Waals surface area contributed by atoms with Crippen LogP contribution < -0.4 is 0 Å². The molecule has 8 aromatic carbocycles. The highest BCUT2D eigenvalue weighted by Gasteiger charge is 2.21. The van der Waals surface area contributed by atoms with E-state index in [1.54, 1.807) is 11.3 Å². The summed E-state index contributed by atoms with van der Waals surface area (Å²) in [6, 6.07) is 44.2. The van der Waals surface area contributed by atoms with Crippen LogP contribution in [0.15, 0.2) is 194 Å². The van der Waals surface area contributed by atoms with E-state index in [9.17, 15) is 2.74 Å². The van der Waals surface area contributed by atoms with Crippen LogP contribution in [0.5, 0.6) is 0 Å². The van der Waals surface area contributed by atoms with Gasteiger partial charge in [0, 0.05) is 47.6 Å². The molecule has 0 saturated heterocycles. The Kier molecular flexibility index (Phi) is 5.92. The predicted octanol–water partition coefficient (Wildman–Crippen LogP) is 13.7. The van der Waals surface area contributed by atoms with E-state index in [0.29, 0.717) is 22.9 Å². The predicted molar refractivity (Wildman–Crippen MR) is 234 cm³/mol. The lowest BCUT2D eigenvalue weighted by Crippen LogP contribution is -2.04. The summed E-state index contributed by atoms with van der Waals surface area (Å²) in [4.78, 5) is 15.3. The van der Waals surface area contributed by atoms with Gasteiger partial charge in [-0.3, -0.25) is 0 Å². The van der Waals surface area contributed by atoms with Gasteiger partial charge in [-0.15, -0.1) is 11.3 Å². The van der Waals surface area contributed by atoms with Crippen molar-refractivity contribution in [1.29, 1.82) is 0 Å². The number of fused-ring (bicyclic) bond motifs is 6. The summed E-state index contributed by atoms with van der Waals surface area (Å²) >= 11 is 1.70. The molecular weight excluding hydrogens is 701 g/mol. The number of hydrogen-bond donors (Lipinski definition) is 0. The summed E-state index contributed by atoms with van der Waals surface area (Å²) in [5.74, 6) is 1.01. The topological polar surface area (TPSA) is 43.6 Å². The van der Waals surface area contributed by atoms with Crippen LogP contribution in [-0.4, -0.2) is 19.5 Å². The lowest BCUT2D eigenvalue weighted by atomic mass is 9.99. The van der Waals surface area contributed by atoms with Crippen LogP contribution in [0.4, 0.5) is 0 Å². The van der Waals surface area contributed by atoms with Gasteiger partial charge in [-0.2, -0.15) is 0 Å². The molecule has 56 heavy (non-hydrogen) atoms. The molecule has 0 aliphatic carbocycles. The van der Waals surface area contributed by atoms with E-state index >= 15 is 0 Å². The minimum Gasteiger partial charge on any atom is -0.309 e. The molecule has 262 valence electrons. The van der Waals surface area contributed by atoms with Crippen molar-refractivity contribution in [1.82, 2.24) is 19.5 Å². The third kappa shape index (κ3) is 5.48. The standard InChI is InChI=1S/C51H32N4S/c1-3-14-33(15-4-1)35-18-13-19-38(30-35)50-52-49(34-16-5-2-6-17-34)53-51(54-50)43-31-36(37-26-28-42-41-22-9-12-25-47(41)56-48(42)32-37)27-29-46(43)55-44-23-10-7-20-39(44)40-21-8-11-24-45(40)55/h1-32H/i7D,8D,10D,11D,20D,21D,23D,24D. The Hall–Kier alpha value is -7.21. The van der Waals surface area contributed by atoms with E-state index < -0.39 is 48.3 Å². The quantitative estimate of drug-likeness (QED) is 0.170. The first-order chi connectivity index (χ1) is 31.1. The summed E-state index contributed by atoms with van der Waals surface area (Å²) in [7, 11) is 0. The van der Waals surface area contributed by atoms with Crippen molar-refractivity contribution in [3.8, 4) is 62.1 Å². The van der Waals surface area contributed by atoms with Gasteiger partial charge >= 0.3 is 0 Å². The number of rotatable bonds is 6. The molecule has 4 nitrogen and oxygen atoms in total. The van der Waals surface area contributed by atoms with E-state index in [4.69, 9.17) is 23.2 Å². The zero-order chi connectivity index (χ0) is 44.0. The molecule has 3 aromatic heterocycles. The van der Waals surface area contributed by atoms with Crippen molar-refractivity contribution < 1.29 is 11.0 Å². The molecule has 3 heterocycles. The Morgan fingerprint density at radius 2 is 0.946 bits per heavy atom. The van der Waals surface area contributed by atoms with Gasteiger partial charge in [0.2, 0.25) is 0 Å². The second-order valence-corrected chi connectivity index (χ2v) is 14.5. The summed E-state index contributed by atoms with van der Waals surface area (Å²) in [5, 5.41) is 2.28. The van der Waals surface area contributed by atoms with E-state index in [0.717, 1.165) is 43.5 Å². The Balaban J connectivity index is 1.25. The zero-order valence-corrected chi connectivity index (χ0v) is 30.4. The number of aromatic nitrogens is 4. The molecule has 0 saturated carbocycles. The molecule has 11 rings (SSSR count). The first kappa shape index (κ1) is 25.0. The van der Waals surface area contributed by atoms with Crippen LogP contribution in [-0.2, 0) is 0 Å². The maximum Gasteiger partial charge on any atom is 0.166 e. The van der Waals surface area contributed by atoms with Crippen molar-refractivity contribution >= 4 is 53.3 Å². The van der Waals surface area contributed by atoms with Crippen molar-refractivity contribution in [3.63, 3.8) is 0 Å². The minimum atomic E-state index is -0.511. The molecule has 11 aromatic rings. The lowest BCUT2D eigenvalue weighted by molar-refractivity contribution is 1.06. The van der Waals surface area contributed by atoms with Crippen molar-refractivity contribution in [2.45, 2.75) is 0 Å². The summed E-state index contributed by atoms with van der Waals surface area (Å²) in [5.41, 5.74) is 5.95. The van der Waals surface area contributed by atoms with Gasteiger partial charge in [-0.05, 0) is 64.7 Å². The average Bonchev–Trinajstić information content (AvgIpc) is 3.90. The number of para-hydroxylation sites is 2. The third-order valence-corrected chi connectivity index (χ3v) is 11.3. The number of nitrogens with zero attached hydrogens (tertiary/aromatic N) is 4. The monoisotopic (exact) mass is 740 g/mol. The van der Waals surface area contributed by atoms with Crippen molar-refractivity contribution in [2.24, 2.45) is 0 Å². The molecule has 0 amide bonds. The Morgan fingerprint density at radius 1 is 0.393 bits per heavy atom. The first-order valence-corrected chi connectivity index (χ1v) is 18.9. The van der Waals surface area contributed by atoms with E-state index in [1.807, 2.05) is 115 Å². The van der Waals surface area contributed by atoms with Crippen molar-refractivity contribution in [2.75, 3.05) is 0 Å². The fourth-order valence-corrected chi connectivity index (χ4v) is 8.61. The second-order valence-electron chi connectivity index (χ2n) is 13.4. The molecule has 0 unspecified atom stereocenters. The molecular formula is C51H32N4S. The van der Waals surface area contributed by atoms with Gasteiger partial charge in [0.1, 0.15) is 0 Å². The maximum absolute atomic E-state index is 9.29. The minimum absolute atomic E-state index is 0.00169. The highest BCUT2D eigenvalue weighted by Crippen LogP contribution is 2.40. The molecule has 0 fully saturated rings. The lowest BCUT2D eigenvalue weighted by Gasteiger charge is -2.16. The van der Waals surface area contributed by atoms with Gasteiger partial charge in [-0.1, -0.05) is 152 Å². The molecule has 0 atom stereocenters. The normalized spacial score (nSPS) is 13.6. The van der Waals surface area contributed by atoms with Gasteiger partial charge in [0.25, 0.3) is 0 Å². The van der Waals surface area contributed by atoms with Gasteiger partial charge in [-0.25, -0.2) is 15.0 Å². The Morgan fingerprint density at radius 3 is 1.71 bits per heavy atom. The summed E-state index contributed by atoms with van der Waals surface area (Å²) < 4.78 is 75.4. The van der Waals surface area contributed by atoms with Gasteiger partial charge in [0.15, 0.2) is 17.5 Å². The molecule has 0 aliphatic heterocycles. The zero-order valence-electron chi connectivity index (χ0n) is 37.6. The van der Waals surface area contributed by atoms with E-state index in [-0.39, 0.29) is 27.6 Å². The third-order valence-electron chi connectivity index (χ3n) is 10.1. The Bertz CT molecular complexity index is 3640. The van der Waals surface area contributed by atoms with Gasteiger partial charge < -0.3 is 4.57 Å². The second kappa shape index (κ2) is 13.3. The largest absolute Gasteiger partial charge is 0.309 e. The molecule has 0 N–H and O–H groups in total. The van der Waals surface area contributed by atoms with Crippen LogP contribution in [0.25, 0.3) is 104 Å². The van der Waals surface area contributed by atoms with Crippen LogP contribution in [0.3, 0.4) is 0 Å². The van der Waals surface area contributed by atoms with Crippen LogP contribution in [0.2, 0.25) is 0 Å². The van der Waals surface area contributed by atoms with Crippen LogP contribution in [0.1, 0.15) is 11.0 Å². The van der Waals surface area contributed by atoms with Crippen LogP contribution in [0, 0.1) is 0 Å². The van der Waals surface area contributed by atoms with Crippen LogP contribution >= 0.6 is 11.3 Å². The summed E-state index contributed by atoms with van der Waals surface area (Å²) in [6.07, 6.45) is 0. The number of thiophene rings is 1. The maximum atomic E-state index is 9.29. The van der Waals surface area contributed by atoms with E-state index in [1.165, 1.54) is 14.7 Å². The SMILES string of the molecule is [2H]c1c([2H])c([2H])c2c(c1[2H])c1c([2H])c([2H])c([2H])c([2H])c1n2-c1ccc(-c2ccc3c(c2)sc2ccccc23)cc1-c1nc(-c2ccccc2)nc(-c2cccc(-c3ccccc3)c2)n1. The molecule has 0 spiro atoms. The molecule has 0 bridgehead atoms. The molecule has 5 heteroatoms. The van der Waals surface area contributed by atoms with Gasteiger partial charge in [0.05, 0.1) is 27.7 Å². The van der Waals surface area contributed by atoms with E-state index in [2.05, 4.69) is 30.3 Å². The number of benzene rings is 8. The highest BCUT2D eigenvalue weighted by atomic mass is 32.1. The summed E-state index contributed by atoms with van der Waals surface area (Å²) in [6.45, 7) is 0. The molecule has 0 aliphatic rings. The van der Waals surface area contributed by atoms with Crippen molar-refractivity contribution in [3.05, 3.63) is 194 Å². The Labute approximate surface area is 338 Å². The average molecular weight is 741 g/mol. The first-order valence-electron chi connectivity index (χ1n) is 22.1. The highest BCUT2D eigenvalue weighted by molar-refractivity contribution is 7.25. The molecule has 0 radical (unpaired) electrons. The fraction of sp³-hybridized carbons (Fsp3) is 0. The smallest absolute Gasteiger partial charge is 0.166 e. The fourth-order valence-electron chi connectivity index (χ4n) is 7.47.